The molecule has 0 amide bonds. The normalized spacial score (nSPS) is 24.8. The molecule has 1 aliphatic heterocycles. The Labute approximate surface area is 238 Å². The van der Waals surface area contributed by atoms with Crippen LogP contribution in [0.3, 0.4) is 0 Å². The molecule has 1 fully saturated rings. The van der Waals surface area contributed by atoms with Gasteiger partial charge in [0.1, 0.15) is 29.6 Å². The van der Waals surface area contributed by atoms with Crippen molar-refractivity contribution in [1.82, 2.24) is 24.6 Å². The quantitative estimate of drug-likeness (QED) is 0.136. The van der Waals surface area contributed by atoms with Crippen LogP contribution in [0.5, 0.6) is 5.75 Å². The summed E-state index contributed by atoms with van der Waals surface area (Å²) in [5, 5.41) is 26.9. The predicted octanol–water partition coefficient (Wildman–Crippen LogP) is 1.34. The second kappa shape index (κ2) is 11.1. The van der Waals surface area contributed by atoms with Gasteiger partial charge < -0.3 is 34.5 Å². The number of esters is 1. The Hall–Kier alpha value is -3.43. The molecule has 218 valence electrons. The zero-order chi connectivity index (χ0) is 29.5. The number of aliphatic hydroxyl groups excluding tert-OH is 1. The zero-order valence-corrected chi connectivity index (χ0v) is 24.0. The summed E-state index contributed by atoms with van der Waals surface area (Å²) in [5.41, 5.74) is 3.30. The number of hydrogen-bond donors (Lipinski definition) is 5. The number of ether oxygens (including phenoxy) is 2. The van der Waals surface area contributed by atoms with E-state index in [-0.39, 0.29) is 23.7 Å². The van der Waals surface area contributed by atoms with Crippen molar-refractivity contribution < 1.29 is 33.5 Å². The van der Waals surface area contributed by atoms with E-state index in [4.69, 9.17) is 36.1 Å². The Morgan fingerprint density at radius 3 is 2.83 bits per heavy atom. The molecule has 4 aromatic rings. The van der Waals surface area contributed by atoms with Crippen LogP contribution in [0, 0.1) is 0 Å². The van der Waals surface area contributed by atoms with E-state index < -0.39 is 48.2 Å². The summed E-state index contributed by atoms with van der Waals surface area (Å²) in [5.74, 6) is -0.315. The van der Waals surface area contributed by atoms with Crippen LogP contribution in [0.2, 0.25) is 0 Å². The van der Waals surface area contributed by atoms with Gasteiger partial charge in [0.25, 0.3) is 5.56 Å². The summed E-state index contributed by atoms with van der Waals surface area (Å²) in [6.45, 7) is -0.922. The highest BCUT2D eigenvalue weighted by molar-refractivity contribution is 8.09. The molecule has 0 spiro atoms. The van der Waals surface area contributed by atoms with Crippen LogP contribution in [0.15, 0.2) is 53.6 Å². The second-order valence-electron chi connectivity index (χ2n) is 9.71. The molecule has 2 aromatic heterocycles. The van der Waals surface area contributed by atoms with Gasteiger partial charge >= 0.3 is 12.6 Å². The number of hydrogen-bond acceptors (Lipinski definition) is 12. The van der Waals surface area contributed by atoms with Crippen LogP contribution in [0.4, 0.5) is 5.95 Å². The van der Waals surface area contributed by atoms with E-state index in [0.717, 1.165) is 10.8 Å². The Bertz CT molecular complexity index is 1710. The molecule has 0 radical (unpaired) electrons. The van der Waals surface area contributed by atoms with E-state index in [2.05, 4.69) is 20.0 Å². The molecule has 6 atom stereocenters. The van der Waals surface area contributed by atoms with Gasteiger partial charge in [-0.05, 0) is 37.1 Å². The maximum Gasteiger partial charge on any atom is 0.323 e. The van der Waals surface area contributed by atoms with Gasteiger partial charge in [-0.25, -0.2) is 10.1 Å². The number of anilines is 1. The number of imidazole rings is 1. The number of carbonyl (C=O) groups is 1. The lowest BCUT2D eigenvalue weighted by atomic mass is 9.96. The van der Waals surface area contributed by atoms with Gasteiger partial charge in [0.15, 0.2) is 17.4 Å². The molecule has 41 heavy (non-hydrogen) atoms. The Morgan fingerprint density at radius 2 is 2.07 bits per heavy atom. The number of nitrogens with one attached hydrogen (secondary N) is 2. The molecular weight excluding hydrogens is 575 g/mol. The molecule has 16 heteroatoms. The van der Waals surface area contributed by atoms with Crippen molar-refractivity contribution in [2.75, 3.05) is 19.5 Å². The maximum absolute atomic E-state index is 12.2. The number of nitrogens with zero attached hydrogens (tertiary/aromatic N) is 3. The van der Waals surface area contributed by atoms with Gasteiger partial charge in [0.2, 0.25) is 5.95 Å². The van der Waals surface area contributed by atoms with E-state index in [1.807, 2.05) is 30.3 Å². The molecule has 6 N–H and O–H groups in total. The minimum Gasteiger partial charge on any atom is -0.468 e. The lowest BCUT2D eigenvalue weighted by Gasteiger charge is -2.28. The number of aliphatic hydroxyl groups is 2. The van der Waals surface area contributed by atoms with Crippen LogP contribution in [-0.2, 0) is 30.6 Å². The lowest BCUT2D eigenvalue weighted by Crippen LogP contribution is -2.44. The van der Waals surface area contributed by atoms with Gasteiger partial charge in [-0.15, -0.1) is 0 Å². The number of nitrogens with two attached hydrogens (primary N) is 1. The fourth-order valence-electron chi connectivity index (χ4n) is 4.63. The summed E-state index contributed by atoms with van der Waals surface area (Å²) in [6, 6.07) is 12.1. The Kier molecular flexibility index (Phi) is 7.87. The number of aromatic nitrogens is 4. The minimum absolute atomic E-state index is 0.0206. The van der Waals surface area contributed by atoms with E-state index in [0.29, 0.717) is 5.75 Å². The first-order chi connectivity index (χ1) is 19.4. The van der Waals surface area contributed by atoms with Gasteiger partial charge in [-0.3, -0.25) is 19.1 Å². The largest absolute Gasteiger partial charge is 0.468 e. The highest BCUT2D eigenvalue weighted by Gasteiger charge is 2.54. The molecule has 14 nitrogen and oxygen atoms in total. The number of H-pyrrole nitrogens is 1. The molecule has 0 aliphatic carbocycles. The monoisotopic (exact) mass is 604 g/mol. The summed E-state index contributed by atoms with van der Waals surface area (Å²) < 4.78 is 24.4. The number of benzene rings is 2. The number of aromatic amines is 1. The van der Waals surface area contributed by atoms with Crippen molar-refractivity contribution in [1.29, 1.82) is 0 Å². The SMILES string of the molecule is COC(=O)C(C)NP(=S)(OC[C@H]1O[C@@H](n2cnc3c(=O)[nH]c(N)nc32)C(C)(O)C1O)Oc1cccc2ccccc12. The zero-order valence-electron chi connectivity index (χ0n) is 22.3. The Balaban J connectivity index is 1.42. The predicted molar refractivity (Wildman–Crippen MR) is 153 cm³/mol. The molecule has 1 saturated heterocycles. The van der Waals surface area contributed by atoms with Gasteiger partial charge in [0, 0.05) is 5.39 Å². The summed E-state index contributed by atoms with van der Waals surface area (Å²) in [4.78, 5) is 34.9. The van der Waals surface area contributed by atoms with Crippen molar-refractivity contribution >= 4 is 52.3 Å². The first kappa shape index (κ1) is 29.1. The van der Waals surface area contributed by atoms with Gasteiger partial charge in [0.05, 0.1) is 20.0 Å². The van der Waals surface area contributed by atoms with Crippen molar-refractivity contribution in [3.63, 3.8) is 0 Å². The molecule has 2 aromatic carbocycles. The second-order valence-corrected chi connectivity index (χ2v) is 12.8. The van der Waals surface area contributed by atoms with E-state index >= 15 is 0 Å². The van der Waals surface area contributed by atoms with E-state index in [9.17, 15) is 19.8 Å². The van der Waals surface area contributed by atoms with Crippen LogP contribution in [0.25, 0.3) is 21.9 Å². The smallest absolute Gasteiger partial charge is 0.323 e. The van der Waals surface area contributed by atoms with Crippen molar-refractivity contribution in [2.45, 2.75) is 43.9 Å². The molecule has 3 heterocycles. The molecule has 1 aliphatic rings. The molecular formula is C25H29N6O8PS. The molecule has 4 unspecified atom stereocenters. The molecule has 0 saturated carbocycles. The first-order valence-electron chi connectivity index (χ1n) is 12.5. The maximum atomic E-state index is 12.2. The van der Waals surface area contributed by atoms with E-state index in [1.54, 1.807) is 19.1 Å². The number of nitrogen functional groups attached to an aromatic ring is 1. The van der Waals surface area contributed by atoms with E-state index in [1.165, 1.54) is 24.9 Å². The van der Waals surface area contributed by atoms with Gasteiger partial charge in [-0.2, -0.15) is 4.98 Å². The average molecular weight is 605 g/mol. The molecule has 5 rings (SSSR count). The topological polar surface area (TPSA) is 196 Å². The van der Waals surface area contributed by atoms with Crippen molar-refractivity contribution in [2.24, 2.45) is 0 Å². The highest BCUT2D eigenvalue weighted by atomic mass is 32.5. The van der Waals surface area contributed by atoms with Crippen LogP contribution < -0.4 is 20.9 Å². The fraction of sp³-hybridized carbons (Fsp3) is 0.360. The number of rotatable bonds is 9. The molecule has 0 bridgehead atoms. The van der Waals surface area contributed by atoms with Crippen molar-refractivity contribution in [3.8, 4) is 5.75 Å². The standard InChI is InChI=1S/C25H29N6O8PS/c1-13(22(34)36-3)30-40(41,39-16-10-6-8-14-7-4-5-9-15(14)16)37-11-17-19(32)25(2,35)23(38-17)31-12-27-18-20(31)28-24(26)29-21(18)33/h4-10,12-13,17,19,23,32,35H,11H2,1-3H3,(H,30,41)(H3,26,28,29,33)/t13?,17-,19?,23-,25?,40?/m1/s1. The third-order valence-electron chi connectivity index (χ3n) is 6.74. The number of carbonyl (C=O) groups excluding carboxylic acids is 1. The lowest BCUT2D eigenvalue weighted by molar-refractivity contribution is -0.142. The third-order valence-corrected chi connectivity index (χ3v) is 9.23. The summed E-state index contributed by atoms with van der Waals surface area (Å²) in [7, 11) is 1.25. The fourth-order valence-corrected chi connectivity index (χ4v) is 7.04. The minimum atomic E-state index is -3.51. The Morgan fingerprint density at radius 1 is 1.34 bits per heavy atom. The van der Waals surface area contributed by atoms with Crippen LogP contribution in [-0.4, -0.2) is 73.3 Å². The van der Waals surface area contributed by atoms with Gasteiger partial charge in [-0.1, -0.05) is 36.4 Å². The summed E-state index contributed by atoms with van der Waals surface area (Å²) >= 11 is 5.79. The first-order valence-corrected chi connectivity index (χ1v) is 15.1. The number of methoxy groups -OCH3 is 1. The number of fused-ring (bicyclic) bond motifs is 2. The third kappa shape index (κ3) is 5.57. The van der Waals surface area contributed by atoms with Crippen molar-refractivity contribution in [3.05, 3.63) is 59.1 Å². The highest BCUT2D eigenvalue weighted by Crippen LogP contribution is 2.48. The average Bonchev–Trinajstić information content (AvgIpc) is 3.45. The summed E-state index contributed by atoms with van der Waals surface area (Å²) in [6.07, 6.45) is -2.54. The van der Waals surface area contributed by atoms with Crippen LogP contribution in [0.1, 0.15) is 20.1 Å². The van der Waals surface area contributed by atoms with Crippen LogP contribution >= 0.6 is 6.64 Å².